The fourth-order valence-corrected chi connectivity index (χ4v) is 0.810. The molecule has 0 aliphatic heterocycles. The average molecular weight is 170 g/mol. The van der Waals surface area contributed by atoms with Crippen molar-refractivity contribution in [2.24, 2.45) is 0 Å². The van der Waals surface area contributed by atoms with Crippen LogP contribution in [0.25, 0.3) is 0 Å². The Morgan fingerprint density at radius 3 is 2.92 bits per heavy atom. The molecule has 1 rings (SSSR count). The SMILES string of the molecule is CC(C)(Cc1nn[nH]n1)OC=O. The fraction of sp³-hybridized carbons (Fsp3) is 0.667. The Labute approximate surface area is 69.3 Å². The minimum atomic E-state index is -0.578. The van der Waals surface area contributed by atoms with E-state index in [9.17, 15) is 4.79 Å². The van der Waals surface area contributed by atoms with Crippen LogP contribution in [0.4, 0.5) is 0 Å². The molecule has 0 fully saturated rings. The molecular weight excluding hydrogens is 160 g/mol. The number of aromatic amines is 1. The molecule has 6 nitrogen and oxygen atoms in total. The second-order valence-corrected chi connectivity index (χ2v) is 2.98. The van der Waals surface area contributed by atoms with Crippen LogP contribution in [0.1, 0.15) is 19.7 Å². The third-order valence-corrected chi connectivity index (χ3v) is 1.34. The molecule has 66 valence electrons. The number of carbonyl (C=O) groups is 1. The summed E-state index contributed by atoms with van der Waals surface area (Å²) in [5.41, 5.74) is -0.578. The van der Waals surface area contributed by atoms with Crippen LogP contribution in [0.5, 0.6) is 0 Å². The van der Waals surface area contributed by atoms with Crippen molar-refractivity contribution in [1.29, 1.82) is 0 Å². The topological polar surface area (TPSA) is 80.8 Å². The van der Waals surface area contributed by atoms with E-state index in [0.717, 1.165) is 0 Å². The van der Waals surface area contributed by atoms with Gasteiger partial charge in [0.1, 0.15) is 5.60 Å². The van der Waals surface area contributed by atoms with Crippen LogP contribution >= 0.6 is 0 Å². The molecular formula is C6H10N4O2. The molecule has 1 N–H and O–H groups in total. The van der Waals surface area contributed by atoms with E-state index in [1.807, 2.05) is 0 Å². The van der Waals surface area contributed by atoms with Crippen molar-refractivity contribution in [2.45, 2.75) is 25.9 Å². The van der Waals surface area contributed by atoms with Crippen molar-refractivity contribution in [2.75, 3.05) is 0 Å². The molecule has 0 unspecified atom stereocenters. The molecule has 1 aromatic rings. The normalized spacial score (nSPS) is 11.2. The number of nitrogens with zero attached hydrogens (tertiary/aromatic N) is 3. The van der Waals surface area contributed by atoms with Crippen molar-refractivity contribution in [3.63, 3.8) is 0 Å². The molecule has 0 saturated carbocycles. The molecule has 0 atom stereocenters. The molecule has 0 spiro atoms. The number of carbonyl (C=O) groups excluding carboxylic acids is 1. The summed E-state index contributed by atoms with van der Waals surface area (Å²) in [4.78, 5) is 10.1. The number of tetrazole rings is 1. The maximum Gasteiger partial charge on any atom is 0.293 e. The zero-order chi connectivity index (χ0) is 9.03. The van der Waals surface area contributed by atoms with Gasteiger partial charge in [-0.25, -0.2) is 0 Å². The summed E-state index contributed by atoms with van der Waals surface area (Å²) in [6.07, 6.45) is 0.447. The molecule has 6 heteroatoms. The lowest BCUT2D eigenvalue weighted by molar-refractivity contribution is -0.140. The Morgan fingerprint density at radius 1 is 1.67 bits per heavy atom. The second-order valence-electron chi connectivity index (χ2n) is 2.98. The lowest BCUT2D eigenvalue weighted by Gasteiger charge is -2.19. The van der Waals surface area contributed by atoms with E-state index >= 15 is 0 Å². The summed E-state index contributed by atoms with van der Waals surface area (Å²) in [5, 5.41) is 13.2. The lowest BCUT2D eigenvalue weighted by atomic mass is 10.1. The summed E-state index contributed by atoms with van der Waals surface area (Å²) in [6.45, 7) is 3.97. The molecule has 0 aliphatic carbocycles. The summed E-state index contributed by atoms with van der Waals surface area (Å²) in [5.74, 6) is 0.529. The minimum Gasteiger partial charge on any atom is -0.461 e. The smallest absolute Gasteiger partial charge is 0.293 e. The van der Waals surface area contributed by atoms with Gasteiger partial charge in [-0.3, -0.25) is 4.79 Å². The number of nitrogens with one attached hydrogen (secondary N) is 1. The van der Waals surface area contributed by atoms with Crippen LogP contribution in [0.15, 0.2) is 0 Å². The lowest BCUT2D eigenvalue weighted by Crippen LogP contribution is -2.27. The number of ether oxygens (including phenoxy) is 1. The maximum atomic E-state index is 10.1. The molecule has 1 aromatic heterocycles. The third kappa shape index (κ3) is 2.30. The molecule has 1 heterocycles. The van der Waals surface area contributed by atoms with Crippen molar-refractivity contribution in [3.05, 3.63) is 5.82 Å². The molecule has 0 aliphatic rings. The average Bonchev–Trinajstić information content (AvgIpc) is 2.38. The summed E-state index contributed by atoms with van der Waals surface area (Å²) >= 11 is 0. The largest absolute Gasteiger partial charge is 0.461 e. The molecule has 0 bridgehead atoms. The molecule has 0 aromatic carbocycles. The summed E-state index contributed by atoms with van der Waals surface area (Å²) in [7, 11) is 0. The van der Waals surface area contributed by atoms with Gasteiger partial charge in [0.05, 0.1) is 6.42 Å². The van der Waals surface area contributed by atoms with Gasteiger partial charge in [-0.1, -0.05) is 5.21 Å². The van der Waals surface area contributed by atoms with Gasteiger partial charge in [0, 0.05) is 0 Å². The highest BCUT2D eigenvalue weighted by molar-refractivity contribution is 5.38. The number of hydrogen-bond acceptors (Lipinski definition) is 5. The highest BCUT2D eigenvalue weighted by atomic mass is 16.5. The van der Waals surface area contributed by atoms with E-state index in [4.69, 9.17) is 4.74 Å². The predicted octanol–water partition coefficient (Wildman–Crippen LogP) is -0.306. The Hall–Kier alpha value is -1.46. The Kier molecular flexibility index (Phi) is 2.37. The van der Waals surface area contributed by atoms with Crippen LogP contribution in [0.3, 0.4) is 0 Å². The quantitative estimate of drug-likeness (QED) is 0.627. The number of aromatic nitrogens is 4. The number of hydrogen-bond donors (Lipinski definition) is 1. The van der Waals surface area contributed by atoms with Gasteiger partial charge in [0.25, 0.3) is 6.47 Å². The first-order valence-corrected chi connectivity index (χ1v) is 3.48. The first-order chi connectivity index (χ1) is 5.64. The molecule has 0 radical (unpaired) electrons. The van der Waals surface area contributed by atoms with E-state index in [1.54, 1.807) is 13.8 Å². The Bertz CT molecular complexity index is 244. The van der Waals surface area contributed by atoms with Crippen LogP contribution < -0.4 is 0 Å². The van der Waals surface area contributed by atoms with Crippen molar-refractivity contribution in [3.8, 4) is 0 Å². The fourth-order valence-electron chi connectivity index (χ4n) is 0.810. The maximum absolute atomic E-state index is 10.1. The van der Waals surface area contributed by atoms with Crippen LogP contribution in [-0.2, 0) is 16.0 Å². The Morgan fingerprint density at radius 2 is 2.42 bits per heavy atom. The first kappa shape index (κ1) is 8.63. The van der Waals surface area contributed by atoms with Gasteiger partial charge < -0.3 is 4.74 Å². The van der Waals surface area contributed by atoms with Crippen molar-refractivity contribution in [1.82, 2.24) is 20.6 Å². The Balaban J connectivity index is 2.55. The van der Waals surface area contributed by atoms with Gasteiger partial charge >= 0.3 is 0 Å². The van der Waals surface area contributed by atoms with Crippen molar-refractivity contribution >= 4 is 6.47 Å². The third-order valence-electron chi connectivity index (χ3n) is 1.34. The van der Waals surface area contributed by atoms with E-state index < -0.39 is 5.60 Å². The standard InChI is InChI=1S/C6H10N4O2/c1-6(2,12-4-11)3-5-7-9-10-8-5/h4H,3H2,1-2H3,(H,7,8,9,10). The van der Waals surface area contributed by atoms with Gasteiger partial charge in [-0.2, -0.15) is 5.21 Å². The highest BCUT2D eigenvalue weighted by Gasteiger charge is 2.21. The van der Waals surface area contributed by atoms with Gasteiger partial charge in [0.15, 0.2) is 5.82 Å². The van der Waals surface area contributed by atoms with Gasteiger partial charge in [0.2, 0.25) is 0 Å². The monoisotopic (exact) mass is 170 g/mol. The second kappa shape index (κ2) is 3.29. The molecule has 12 heavy (non-hydrogen) atoms. The molecule has 0 amide bonds. The summed E-state index contributed by atoms with van der Waals surface area (Å²) in [6, 6.07) is 0. The highest BCUT2D eigenvalue weighted by Crippen LogP contribution is 2.11. The van der Waals surface area contributed by atoms with E-state index in [-0.39, 0.29) is 0 Å². The zero-order valence-electron chi connectivity index (χ0n) is 6.94. The predicted molar refractivity (Wildman–Crippen MR) is 39.1 cm³/mol. The molecule has 0 saturated heterocycles. The van der Waals surface area contributed by atoms with Crippen LogP contribution in [-0.4, -0.2) is 32.7 Å². The minimum absolute atomic E-state index is 0.417. The van der Waals surface area contributed by atoms with E-state index in [1.165, 1.54) is 0 Å². The van der Waals surface area contributed by atoms with Crippen LogP contribution in [0.2, 0.25) is 0 Å². The number of H-pyrrole nitrogens is 1. The van der Waals surface area contributed by atoms with Crippen molar-refractivity contribution < 1.29 is 9.53 Å². The summed E-state index contributed by atoms with van der Waals surface area (Å²) < 4.78 is 4.80. The first-order valence-electron chi connectivity index (χ1n) is 3.48. The number of rotatable bonds is 4. The zero-order valence-corrected chi connectivity index (χ0v) is 6.94. The van der Waals surface area contributed by atoms with E-state index in [2.05, 4.69) is 20.6 Å². The van der Waals surface area contributed by atoms with Gasteiger partial charge in [-0.15, -0.1) is 10.2 Å². The van der Waals surface area contributed by atoms with Gasteiger partial charge in [-0.05, 0) is 13.8 Å². The van der Waals surface area contributed by atoms with Crippen LogP contribution in [0, 0.1) is 0 Å². The van der Waals surface area contributed by atoms with E-state index in [0.29, 0.717) is 18.7 Å².